The van der Waals surface area contributed by atoms with Crippen molar-refractivity contribution in [2.45, 2.75) is 19.5 Å². The number of rotatable bonds is 9. The van der Waals surface area contributed by atoms with Gasteiger partial charge in [0.2, 0.25) is 0 Å². The Kier molecular flexibility index (Phi) is 7.49. The van der Waals surface area contributed by atoms with Gasteiger partial charge in [-0.3, -0.25) is 19.5 Å². The first-order valence-electron chi connectivity index (χ1n) is 11.1. The smallest absolute Gasteiger partial charge is 0.328 e. The molecule has 0 radical (unpaired) electrons. The molecule has 0 unspecified atom stereocenters. The van der Waals surface area contributed by atoms with Gasteiger partial charge in [-0.2, -0.15) is 5.10 Å². The summed E-state index contributed by atoms with van der Waals surface area (Å²) in [6.07, 6.45) is 1.50. The number of thiophene rings is 1. The average molecular weight is 522 g/mol. The number of aromatic hydroxyl groups is 1. The summed E-state index contributed by atoms with van der Waals surface area (Å²) in [6, 6.07) is 11.6. The lowest BCUT2D eigenvalue weighted by Crippen LogP contribution is -2.48. The number of carboxylic acids is 1. The van der Waals surface area contributed by atoms with Gasteiger partial charge >= 0.3 is 5.97 Å². The highest BCUT2D eigenvalue weighted by Crippen LogP contribution is 2.22. The summed E-state index contributed by atoms with van der Waals surface area (Å²) < 4.78 is 0. The standard InChI is InChI=1S/C25H23N5O6S/c1-13-8-20(23(33)26-10-14-4-2-5-15(31)9-14)37-21(13)24(34)29-19(25(35)36)12-27-22(32)16-6-3-7-18-17(16)11-28-30-18/h2-9,11,19,31H,10,12H2,1H3,(H,26,33)(H,27,32)(H,28,30)(H,29,34)(H,35,36)/t19-/m0/s1. The fraction of sp³-hybridized carbons (Fsp3) is 0.160. The van der Waals surface area contributed by atoms with Gasteiger partial charge in [0.25, 0.3) is 17.7 Å². The van der Waals surface area contributed by atoms with E-state index in [2.05, 4.69) is 26.1 Å². The monoisotopic (exact) mass is 521 g/mol. The molecule has 4 rings (SSSR count). The van der Waals surface area contributed by atoms with Crippen LogP contribution in [0.25, 0.3) is 10.9 Å². The number of aryl methyl sites for hydroxylation is 1. The first-order chi connectivity index (χ1) is 17.7. The highest BCUT2D eigenvalue weighted by atomic mass is 32.1. The summed E-state index contributed by atoms with van der Waals surface area (Å²) in [4.78, 5) is 50.3. The molecule has 6 N–H and O–H groups in total. The number of H-pyrrole nitrogens is 1. The number of aromatic amines is 1. The summed E-state index contributed by atoms with van der Waals surface area (Å²) in [5, 5.41) is 34.0. The average Bonchev–Trinajstić information content (AvgIpc) is 3.51. The molecule has 0 fully saturated rings. The van der Waals surface area contributed by atoms with Gasteiger partial charge < -0.3 is 26.2 Å². The van der Waals surface area contributed by atoms with E-state index >= 15 is 0 Å². The molecule has 2 aromatic carbocycles. The maximum atomic E-state index is 12.8. The van der Waals surface area contributed by atoms with E-state index in [0.29, 0.717) is 27.6 Å². The Morgan fingerprint density at radius 1 is 1.03 bits per heavy atom. The van der Waals surface area contributed by atoms with Crippen LogP contribution in [-0.2, 0) is 11.3 Å². The predicted octanol–water partition coefficient (Wildman–Crippen LogP) is 2.18. The molecule has 12 heteroatoms. The molecule has 190 valence electrons. The first kappa shape index (κ1) is 25.4. The summed E-state index contributed by atoms with van der Waals surface area (Å²) in [6.45, 7) is 1.47. The summed E-state index contributed by atoms with van der Waals surface area (Å²) in [5.74, 6) is -2.83. The Balaban J connectivity index is 1.38. The number of carbonyl (C=O) groups is 4. The van der Waals surface area contributed by atoms with E-state index in [-0.39, 0.29) is 28.6 Å². The van der Waals surface area contributed by atoms with Crippen LogP contribution in [0.4, 0.5) is 0 Å². The van der Waals surface area contributed by atoms with Crippen LogP contribution < -0.4 is 16.0 Å². The minimum Gasteiger partial charge on any atom is -0.508 e. The molecular formula is C25H23N5O6S. The first-order valence-corrected chi connectivity index (χ1v) is 11.9. The molecule has 11 nitrogen and oxygen atoms in total. The third-order valence-corrected chi connectivity index (χ3v) is 6.75. The lowest BCUT2D eigenvalue weighted by atomic mass is 10.1. The maximum Gasteiger partial charge on any atom is 0.328 e. The van der Waals surface area contributed by atoms with Gasteiger partial charge in [-0.25, -0.2) is 4.79 Å². The van der Waals surface area contributed by atoms with Crippen molar-refractivity contribution < 1.29 is 29.4 Å². The molecule has 2 heterocycles. The molecule has 37 heavy (non-hydrogen) atoms. The number of amides is 3. The number of hydrogen-bond donors (Lipinski definition) is 6. The Bertz CT molecular complexity index is 1490. The van der Waals surface area contributed by atoms with Crippen molar-refractivity contribution in [1.29, 1.82) is 0 Å². The maximum absolute atomic E-state index is 12.8. The number of phenolic OH excluding ortho intramolecular Hbond substituents is 1. The quantitative estimate of drug-likeness (QED) is 0.196. The molecule has 0 aliphatic heterocycles. The second kappa shape index (κ2) is 10.9. The van der Waals surface area contributed by atoms with Gasteiger partial charge in [-0.1, -0.05) is 18.2 Å². The highest BCUT2D eigenvalue weighted by molar-refractivity contribution is 7.16. The van der Waals surface area contributed by atoms with Crippen LogP contribution in [0.5, 0.6) is 5.75 Å². The highest BCUT2D eigenvalue weighted by Gasteiger charge is 2.25. The van der Waals surface area contributed by atoms with Crippen LogP contribution in [0, 0.1) is 6.92 Å². The zero-order chi connectivity index (χ0) is 26.5. The SMILES string of the molecule is Cc1cc(C(=O)NCc2cccc(O)c2)sc1C(=O)N[C@@H](CNC(=O)c1cccc2[nH]ncc12)C(=O)O. The Morgan fingerprint density at radius 2 is 1.81 bits per heavy atom. The van der Waals surface area contributed by atoms with Crippen molar-refractivity contribution in [3.63, 3.8) is 0 Å². The van der Waals surface area contributed by atoms with E-state index in [1.165, 1.54) is 18.3 Å². The van der Waals surface area contributed by atoms with Gasteiger partial charge in [0.05, 0.1) is 27.0 Å². The van der Waals surface area contributed by atoms with E-state index in [4.69, 9.17) is 0 Å². The molecule has 0 aliphatic carbocycles. The van der Waals surface area contributed by atoms with Gasteiger partial charge in [0.1, 0.15) is 11.8 Å². The fourth-order valence-corrected chi connectivity index (χ4v) is 4.63. The summed E-state index contributed by atoms with van der Waals surface area (Å²) in [5.41, 5.74) is 2.18. The topological polar surface area (TPSA) is 174 Å². The van der Waals surface area contributed by atoms with E-state index in [1.54, 1.807) is 43.3 Å². The van der Waals surface area contributed by atoms with Gasteiger partial charge in [-0.15, -0.1) is 11.3 Å². The number of phenols is 1. The zero-order valence-corrected chi connectivity index (χ0v) is 20.4. The molecule has 0 aliphatic rings. The van der Waals surface area contributed by atoms with Crippen molar-refractivity contribution in [1.82, 2.24) is 26.1 Å². The normalized spacial score (nSPS) is 11.6. The summed E-state index contributed by atoms with van der Waals surface area (Å²) in [7, 11) is 0. The number of hydrogen-bond acceptors (Lipinski definition) is 7. The molecule has 2 aromatic heterocycles. The van der Waals surface area contributed by atoms with Crippen molar-refractivity contribution in [3.05, 3.63) is 81.2 Å². The molecule has 1 atom stereocenters. The lowest BCUT2D eigenvalue weighted by Gasteiger charge is -2.15. The predicted molar refractivity (Wildman–Crippen MR) is 136 cm³/mol. The van der Waals surface area contributed by atoms with E-state index < -0.39 is 29.7 Å². The number of carboxylic acid groups (broad SMARTS) is 1. The number of benzene rings is 2. The van der Waals surface area contributed by atoms with Crippen LogP contribution >= 0.6 is 11.3 Å². The summed E-state index contributed by atoms with van der Waals surface area (Å²) >= 11 is 0.927. The number of carbonyl (C=O) groups excluding carboxylic acids is 3. The lowest BCUT2D eigenvalue weighted by molar-refractivity contribution is -0.139. The van der Waals surface area contributed by atoms with E-state index in [0.717, 1.165) is 11.3 Å². The van der Waals surface area contributed by atoms with Crippen molar-refractivity contribution in [2.75, 3.05) is 6.54 Å². The second-order valence-electron chi connectivity index (χ2n) is 8.19. The molecule has 3 amide bonds. The second-order valence-corrected chi connectivity index (χ2v) is 9.24. The van der Waals surface area contributed by atoms with Crippen LogP contribution in [-0.4, -0.2) is 56.7 Å². The minimum absolute atomic E-state index is 0.0837. The van der Waals surface area contributed by atoms with Gasteiger partial charge in [-0.05, 0) is 48.4 Å². The van der Waals surface area contributed by atoms with Crippen molar-refractivity contribution >= 4 is 45.9 Å². The molecule has 0 saturated heterocycles. The zero-order valence-electron chi connectivity index (χ0n) is 19.6. The molecular weight excluding hydrogens is 498 g/mol. The van der Waals surface area contributed by atoms with Crippen molar-refractivity contribution in [3.8, 4) is 5.75 Å². The van der Waals surface area contributed by atoms with E-state index in [9.17, 15) is 29.4 Å². The third-order valence-electron chi connectivity index (χ3n) is 5.51. The number of nitrogens with zero attached hydrogens (tertiary/aromatic N) is 1. The number of fused-ring (bicyclic) bond motifs is 1. The molecule has 0 spiro atoms. The fourth-order valence-electron chi connectivity index (χ4n) is 3.64. The van der Waals surface area contributed by atoms with Crippen LogP contribution in [0.2, 0.25) is 0 Å². The molecule has 0 bridgehead atoms. The minimum atomic E-state index is -1.40. The van der Waals surface area contributed by atoms with Gasteiger partial charge in [0.15, 0.2) is 0 Å². The molecule has 0 saturated carbocycles. The number of aliphatic carboxylic acids is 1. The number of aromatic nitrogens is 2. The van der Waals surface area contributed by atoms with Crippen molar-refractivity contribution in [2.24, 2.45) is 0 Å². The van der Waals surface area contributed by atoms with E-state index in [1.807, 2.05) is 0 Å². The largest absolute Gasteiger partial charge is 0.508 e. The Hall–Kier alpha value is -4.71. The number of nitrogens with one attached hydrogen (secondary N) is 4. The third kappa shape index (κ3) is 5.93. The van der Waals surface area contributed by atoms with Gasteiger partial charge in [0, 0.05) is 18.5 Å². The van der Waals surface area contributed by atoms with Crippen LogP contribution in [0.15, 0.2) is 54.7 Å². The van der Waals surface area contributed by atoms with Crippen LogP contribution in [0.1, 0.15) is 40.8 Å². The van der Waals surface area contributed by atoms with Crippen LogP contribution in [0.3, 0.4) is 0 Å². The Morgan fingerprint density at radius 3 is 2.57 bits per heavy atom. The molecule has 4 aromatic rings. The Labute approximate surface area is 214 Å².